The Hall–Kier alpha value is -0.300. The molecule has 1 aliphatic rings. The summed E-state index contributed by atoms with van der Waals surface area (Å²) in [6.45, 7) is 4.83. The van der Waals surface area contributed by atoms with Gasteiger partial charge >= 0.3 is 0 Å². The van der Waals surface area contributed by atoms with Gasteiger partial charge < -0.3 is 5.11 Å². The fraction of sp³-hybridized carbons (Fsp3) is 0.800. The molecular weight excluding hydrogens is 136 g/mol. The molecule has 11 heavy (non-hydrogen) atoms. The van der Waals surface area contributed by atoms with Gasteiger partial charge in [-0.25, -0.2) is 0 Å². The maximum absolute atomic E-state index is 8.66. The first kappa shape index (κ1) is 8.79. The van der Waals surface area contributed by atoms with Crippen LogP contribution in [-0.2, 0) is 0 Å². The Kier molecular flexibility index (Phi) is 3.13. The third-order valence-electron chi connectivity index (χ3n) is 2.61. The minimum Gasteiger partial charge on any atom is -0.396 e. The highest BCUT2D eigenvalue weighted by Crippen LogP contribution is 2.32. The van der Waals surface area contributed by atoms with Crippen LogP contribution in [0.2, 0.25) is 0 Å². The Bertz CT molecular complexity index is 149. The molecule has 0 saturated carbocycles. The zero-order valence-corrected chi connectivity index (χ0v) is 7.51. The van der Waals surface area contributed by atoms with Crippen molar-refractivity contribution in [3.05, 3.63) is 11.6 Å². The molecule has 0 fully saturated rings. The lowest BCUT2D eigenvalue weighted by atomic mass is 9.92. The first-order valence-electron chi connectivity index (χ1n) is 4.52. The molecule has 1 aliphatic carbocycles. The number of hydrogen-bond acceptors (Lipinski definition) is 1. The van der Waals surface area contributed by atoms with Gasteiger partial charge in [0.15, 0.2) is 0 Å². The molecule has 0 aromatic carbocycles. The average molecular weight is 154 g/mol. The number of aliphatic hydroxyl groups excluding tert-OH is 1. The molecule has 0 spiro atoms. The highest BCUT2D eigenvalue weighted by molar-refractivity contribution is 5.10. The van der Waals surface area contributed by atoms with Crippen LogP contribution in [0.3, 0.4) is 0 Å². The molecular formula is C10H18O. The summed E-state index contributed by atoms with van der Waals surface area (Å²) in [5, 5.41) is 8.66. The smallest absolute Gasteiger partial charge is 0.0431 e. The zero-order valence-electron chi connectivity index (χ0n) is 7.51. The van der Waals surface area contributed by atoms with Crippen LogP contribution in [-0.4, -0.2) is 11.7 Å². The molecule has 64 valence electrons. The van der Waals surface area contributed by atoms with Gasteiger partial charge in [-0.3, -0.25) is 0 Å². The van der Waals surface area contributed by atoms with Crippen molar-refractivity contribution < 1.29 is 5.11 Å². The first-order chi connectivity index (χ1) is 5.24. The molecule has 2 unspecified atom stereocenters. The molecule has 0 aromatic heterocycles. The van der Waals surface area contributed by atoms with Gasteiger partial charge in [-0.2, -0.15) is 0 Å². The van der Waals surface area contributed by atoms with Crippen molar-refractivity contribution in [2.45, 2.75) is 33.1 Å². The summed E-state index contributed by atoms with van der Waals surface area (Å²) in [6.07, 6.45) is 5.77. The minimum atomic E-state index is 0.349. The van der Waals surface area contributed by atoms with E-state index in [1.165, 1.54) is 18.4 Å². The van der Waals surface area contributed by atoms with Gasteiger partial charge in [0.05, 0.1) is 0 Å². The van der Waals surface area contributed by atoms with E-state index in [0.29, 0.717) is 6.61 Å². The van der Waals surface area contributed by atoms with Gasteiger partial charge in [0, 0.05) is 6.61 Å². The lowest BCUT2D eigenvalue weighted by molar-refractivity contribution is 0.264. The van der Waals surface area contributed by atoms with Crippen molar-refractivity contribution in [1.82, 2.24) is 0 Å². The predicted molar refractivity (Wildman–Crippen MR) is 47.3 cm³/mol. The van der Waals surface area contributed by atoms with E-state index in [1.54, 1.807) is 0 Å². The summed E-state index contributed by atoms with van der Waals surface area (Å²) in [4.78, 5) is 0. The molecule has 0 saturated heterocycles. The lowest BCUT2D eigenvalue weighted by Crippen LogP contribution is -2.04. The fourth-order valence-corrected chi connectivity index (χ4v) is 1.97. The Balaban J connectivity index is 2.28. The molecule has 0 aliphatic heterocycles. The van der Waals surface area contributed by atoms with E-state index in [4.69, 9.17) is 5.11 Å². The molecule has 0 bridgehead atoms. The lowest BCUT2D eigenvalue weighted by Gasteiger charge is -2.13. The van der Waals surface area contributed by atoms with Crippen molar-refractivity contribution in [1.29, 1.82) is 0 Å². The third-order valence-corrected chi connectivity index (χ3v) is 2.61. The van der Waals surface area contributed by atoms with Crippen LogP contribution in [0.4, 0.5) is 0 Å². The van der Waals surface area contributed by atoms with Crippen molar-refractivity contribution in [3.63, 3.8) is 0 Å². The number of rotatable bonds is 3. The maximum Gasteiger partial charge on any atom is 0.0431 e. The summed E-state index contributed by atoms with van der Waals surface area (Å²) < 4.78 is 0. The molecule has 0 radical (unpaired) electrons. The SMILES string of the molecule is CC1=CC(C)C(CCCO)C1. The molecule has 1 rings (SSSR count). The molecule has 0 amide bonds. The van der Waals surface area contributed by atoms with Crippen LogP contribution in [0.5, 0.6) is 0 Å². The van der Waals surface area contributed by atoms with Gasteiger partial charge in [0.1, 0.15) is 0 Å². The second-order valence-electron chi connectivity index (χ2n) is 3.70. The average Bonchev–Trinajstić information content (AvgIpc) is 2.26. The van der Waals surface area contributed by atoms with E-state index >= 15 is 0 Å². The topological polar surface area (TPSA) is 20.2 Å². The monoisotopic (exact) mass is 154 g/mol. The fourth-order valence-electron chi connectivity index (χ4n) is 1.97. The maximum atomic E-state index is 8.66. The molecule has 0 aromatic rings. The van der Waals surface area contributed by atoms with E-state index in [9.17, 15) is 0 Å². The van der Waals surface area contributed by atoms with Gasteiger partial charge in [-0.05, 0) is 38.0 Å². The van der Waals surface area contributed by atoms with Crippen LogP contribution < -0.4 is 0 Å². The van der Waals surface area contributed by atoms with Crippen molar-refractivity contribution in [3.8, 4) is 0 Å². The number of hydrogen-bond donors (Lipinski definition) is 1. The van der Waals surface area contributed by atoms with Crippen LogP contribution in [0.1, 0.15) is 33.1 Å². The van der Waals surface area contributed by atoms with Gasteiger partial charge in [-0.1, -0.05) is 18.6 Å². The van der Waals surface area contributed by atoms with E-state index < -0.39 is 0 Å². The second-order valence-corrected chi connectivity index (χ2v) is 3.70. The summed E-state index contributed by atoms with van der Waals surface area (Å²) in [7, 11) is 0. The summed E-state index contributed by atoms with van der Waals surface area (Å²) in [6, 6.07) is 0. The third kappa shape index (κ3) is 2.33. The van der Waals surface area contributed by atoms with Gasteiger partial charge in [0.2, 0.25) is 0 Å². The Morgan fingerprint density at radius 2 is 2.36 bits per heavy atom. The molecule has 0 heterocycles. The van der Waals surface area contributed by atoms with Crippen LogP contribution in [0, 0.1) is 11.8 Å². The standard InChI is InChI=1S/C10H18O/c1-8-6-9(2)10(7-8)4-3-5-11/h6,9-11H,3-5,7H2,1-2H3. The largest absolute Gasteiger partial charge is 0.396 e. The van der Waals surface area contributed by atoms with E-state index in [1.807, 2.05) is 0 Å². The van der Waals surface area contributed by atoms with Crippen LogP contribution >= 0.6 is 0 Å². The number of aliphatic hydroxyl groups is 1. The minimum absolute atomic E-state index is 0.349. The Morgan fingerprint density at radius 1 is 1.64 bits per heavy atom. The molecule has 1 nitrogen and oxygen atoms in total. The van der Waals surface area contributed by atoms with Crippen LogP contribution in [0.25, 0.3) is 0 Å². The number of allylic oxidation sites excluding steroid dienone is 2. The van der Waals surface area contributed by atoms with Crippen molar-refractivity contribution in [2.75, 3.05) is 6.61 Å². The van der Waals surface area contributed by atoms with Crippen LogP contribution in [0.15, 0.2) is 11.6 Å². The molecule has 1 heteroatoms. The highest BCUT2D eigenvalue weighted by Gasteiger charge is 2.20. The quantitative estimate of drug-likeness (QED) is 0.619. The second kappa shape index (κ2) is 3.91. The van der Waals surface area contributed by atoms with Crippen molar-refractivity contribution >= 4 is 0 Å². The van der Waals surface area contributed by atoms with Gasteiger partial charge in [0.25, 0.3) is 0 Å². The van der Waals surface area contributed by atoms with Crippen molar-refractivity contribution in [2.24, 2.45) is 11.8 Å². The predicted octanol–water partition coefficient (Wildman–Crippen LogP) is 2.36. The van der Waals surface area contributed by atoms with E-state index in [0.717, 1.165) is 18.3 Å². The molecule has 1 N–H and O–H groups in total. The molecule has 2 atom stereocenters. The summed E-state index contributed by atoms with van der Waals surface area (Å²) in [5.74, 6) is 1.55. The van der Waals surface area contributed by atoms with E-state index in [-0.39, 0.29) is 0 Å². The van der Waals surface area contributed by atoms with Gasteiger partial charge in [-0.15, -0.1) is 0 Å². The Morgan fingerprint density at radius 3 is 2.82 bits per heavy atom. The van der Waals surface area contributed by atoms with E-state index in [2.05, 4.69) is 19.9 Å². The normalized spacial score (nSPS) is 30.6. The summed E-state index contributed by atoms with van der Waals surface area (Å²) in [5.41, 5.74) is 1.53. The highest BCUT2D eigenvalue weighted by atomic mass is 16.2. The summed E-state index contributed by atoms with van der Waals surface area (Å²) >= 11 is 0. The first-order valence-corrected chi connectivity index (χ1v) is 4.52. The zero-order chi connectivity index (χ0) is 8.27. The Labute approximate surface area is 69.1 Å².